The SMILES string of the molecule is CCOc1ccc(C)cc1C(Br)c1ccccc1Br. The van der Waals surface area contributed by atoms with Gasteiger partial charge in [0.2, 0.25) is 0 Å². The first-order valence-electron chi connectivity index (χ1n) is 6.25. The summed E-state index contributed by atoms with van der Waals surface area (Å²) in [6, 6.07) is 14.5. The van der Waals surface area contributed by atoms with Gasteiger partial charge in [0, 0.05) is 10.0 Å². The second-order valence-electron chi connectivity index (χ2n) is 4.36. The largest absolute Gasteiger partial charge is 0.494 e. The molecule has 1 atom stereocenters. The number of aryl methyl sites for hydroxylation is 1. The van der Waals surface area contributed by atoms with Crippen molar-refractivity contribution in [3.8, 4) is 5.75 Å². The first kappa shape index (κ1) is 14.6. The van der Waals surface area contributed by atoms with Gasteiger partial charge in [0.05, 0.1) is 11.4 Å². The lowest BCUT2D eigenvalue weighted by Crippen LogP contribution is -2.01. The highest BCUT2D eigenvalue weighted by atomic mass is 79.9. The molecule has 0 saturated heterocycles. The smallest absolute Gasteiger partial charge is 0.123 e. The quantitative estimate of drug-likeness (QED) is 0.620. The molecule has 0 fully saturated rings. The number of hydrogen-bond donors (Lipinski definition) is 0. The van der Waals surface area contributed by atoms with Crippen LogP contribution in [0.4, 0.5) is 0 Å². The molecule has 1 nitrogen and oxygen atoms in total. The standard InChI is InChI=1S/C16H16Br2O/c1-3-19-15-9-8-11(2)10-13(15)16(18)12-6-4-5-7-14(12)17/h4-10,16H,3H2,1-2H3. The molecule has 3 heteroatoms. The Bertz CT molecular complexity index is 566. The topological polar surface area (TPSA) is 9.23 Å². The van der Waals surface area contributed by atoms with Crippen molar-refractivity contribution in [2.75, 3.05) is 6.61 Å². The van der Waals surface area contributed by atoms with Crippen LogP contribution in [0.5, 0.6) is 5.75 Å². The third-order valence-corrected chi connectivity index (χ3v) is 4.63. The van der Waals surface area contributed by atoms with E-state index < -0.39 is 0 Å². The number of benzene rings is 2. The monoisotopic (exact) mass is 382 g/mol. The zero-order valence-corrected chi connectivity index (χ0v) is 14.2. The lowest BCUT2D eigenvalue weighted by Gasteiger charge is -2.17. The van der Waals surface area contributed by atoms with Gasteiger partial charge in [0.1, 0.15) is 5.75 Å². The Morgan fingerprint density at radius 1 is 1.11 bits per heavy atom. The van der Waals surface area contributed by atoms with Crippen LogP contribution in [0.15, 0.2) is 46.9 Å². The van der Waals surface area contributed by atoms with Crippen molar-refractivity contribution in [1.29, 1.82) is 0 Å². The fraction of sp³-hybridized carbons (Fsp3) is 0.250. The van der Waals surface area contributed by atoms with E-state index in [4.69, 9.17) is 4.74 Å². The van der Waals surface area contributed by atoms with E-state index in [9.17, 15) is 0 Å². The molecule has 2 aromatic carbocycles. The van der Waals surface area contributed by atoms with Gasteiger partial charge >= 0.3 is 0 Å². The molecule has 0 N–H and O–H groups in total. The second kappa shape index (κ2) is 6.58. The molecule has 0 spiro atoms. The Labute approximate surface area is 131 Å². The summed E-state index contributed by atoms with van der Waals surface area (Å²) in [5.74, 6) is 0.936. The molecule has 0 aliphatic heterocycles. The van der Waals surface area contributed by atoms with Crippen LogP contribution in [0.25, 0.3) is 0 Å². The van der Waals surface area contributed by atoms with Gasteiger partial charge in [-0.15, -0.1) is 0 Å². The third-order valence-electron chi connectivity index (χ3n) is 2.92. The molecule has 0 radical (unpaired) electrons. The minimum atomic E-state index is 0.115. The molecular weight excluding hydrogens is 368 g/mol. The van der Waals surface area contributed by atoms with E-state index in [0.717, 1.165) is 15.8 Å². The maximum atomic E-state index is 5.73. The van der Waals surface area contributed by atoms with Gasteiger partial charge < -0.3 is 4.74 Å². The molecule has 0 aliphatic rings. The maximum Gasteiger partial charge on any atom is 0.123 e. The van der Waals surface area contributed by atoms with Crippen molar-refractivity contribution in [1.82, 2.24) is 0 Å². The predicted molar refractivity (Wildman–Crippen MR) is 87.3 cm³/mol. The van der Waals surface area contributed by atoms with Gasteiger partial charge in [-0.25, -0.2) is 0 Å². The first-order chi connectivity index (χ1) is 9.13. The molecule has 1 unspecified atom stereocenters. The summed E-state index contributed by atoms with van der Waals surface area (Å²) in [6.07, 6.45) is 0. The third kappa shape index (κ3) is 3.40. The fourth-order valence-corrected chi connectivity index (χ4v) is 3.58. The summed E-state index contributed by atoms with van der Waals surface area (Å²) in [5, 5.41) is 0. The van der Waals surface area contributed by atoms with Gasteiger partial charge in [-0.1, -0.05) is 67.8 Å². The molecule has 19 heavy (non-hydrogen) atoms. The van der Waals surface area contributed by atoms with Crippen LogP contribution < -0.4 is 4.74 Å². The van der Waals surface area contributed by atoms with Crippen LogP contribution in [0.1, 0.15) is 28.4 Å². The molecule has 0 bridgehead atoms. The fourth-order valence-electron chi connectivity index (χ4n) is 2.00. The zero-order chi connectivity index (χ0) is 13.8. The minimum Gasteiger partial charge on any atom is -0.494 e. The Morgan fingerprint density at radius 3 is 2.53 bits per heavy atom. The van der Waals surface area contributed by atoms with Gasteiger partial charge in [-0.05, 0) is 31.5 Å². The van der Waals surface area contributed by atoms with Gasteiger partial charge in [0.25, 0.3) is 0 Å². The zero-order valence-electron chi connectivity index (χ0n) is 11.0. The lowest BCUT2D eigenvalue weighted by molar-refractivity contribution is 0.337. The summed E-state index contributed by atoms with van der Waals surface area (Å²) in [7, 11) is 0. The summed E-state index contributed by atoms with van der Waals surface area (Å²) in [4.78, 5) is 0.115. The minimum absolute atomic E-state index is 0.115. The van der Waals surface area contributed by atoms with Crippen molar-refractivity contribution >= 4 is 31.9 Å². The number of rotatable bonds is 4. The first-order valence-corrected chi connectivity index (χ1v) is 7.96. The second-order valence-corrected chi connectivity index (χ2v) is 6.13. The van der Waals surface area contributed by atoms with E-state index in [2.05, 4.69) is 63.0 Å². The highest BCUT2D eigenvalue weighted by Crippen LogP contribution is 2.39. The number of ether oxygens (including phenoxy) is 1. The molecule has 0 saturated carbocycles. The van der Waals surface area contributed by atoms with Crippen LogP contribution in [0.2, 0.25) is 0 Å². The number of hydrogen-bond acceptors (Lipinski definition) is 1. The van der Waals surface area contributed by atoms with Crippen molar-refractivity contribution in [2.45, 2.75) is 18.7 Å². The van der Waals surface area contributed by atoms with Crippen LogP contribution in [0.3, 0.4) is 0 Å². The Morgan fingerprint density at radius 2 is 1.84 bits per heavy atom. The molecule has 0 aliphatic carbocycles. The molecule has 100 valence electrons. The molecular formula is C16H16Br2O. The van der Waals surface area contributed by atoms with Crippen LogP contribution in [0, 0.1) is 6.92 Å². The molecule has 2 rings (SSSR count). The average molecular weight is 384 g/mol. The van der Waals surface area contributed by atoms with E-state index >= 15 is 0 Å². The Balaban J connectivity index is 2.45. The number of alkyl halides is 1. The highest BCUT2D eigenvalue weighted by Gasteiger charge is 2.17. The molecule has 0 aromatic heterocycles. The summed E-state index contributed by atoms with van der Waals surface area (Å²) >= 11 is 7.40. The Kier molecular flexibility index (Phi) is 5.06. The van der Waals surface area contributed by atoms with E-state index in [1.807, 2.05) is 25.1 Å². The van der Waals surface area contributed by atoms with E-state index in [0.29, 0.717) is 6.61 Å². The highest BCUT2D eigenvalue weighted by molar-refractivity contribution is 9.11. The van der Waals surface area contributed by atoms with E-state index in [1.54, 1.807) is 0 Å². The van der Waals surface area contributed by atoms with Crippen LogP contribution in [-0.2, 0) is 0 Å². The summed E-state index contributed by atoms with van der Waals surface area (Å²) < 4.78 is 6.83. The maximum absolute atomic E-state index is 5.73. The Hall–Kier alpha value is -0.800. The predicted octanol–water partition coefficient (Wildman–Crippen LogP) is 5.64. The normalized spacial score (nSPS) is 12.2. The van der Waals surface area contributed by atoms with Crippen molar-refractivity contribution in [3.63, 3.8) is 0 Å². The van der Waals surface area contributed by atoms with Crippen molar-refractivity contribution < 1.29 is 4.74 Å². The van der Waals surface area contributed by atoms with E-state index in [-0.39, 0.29) is 4.83 Å². The van der Waals surface area contributed by atoms with Gasteiger partial charge in [0.15, 0.2) is 0 Å². The van der Waals surface area contributed by atoms with Crippen LogP contribution >= 0.6 is 31.9 Å². The average Bonchev–Trinajstić information content (AvgIpc) is 2.41. The lowest BCUT2D eigenvalue weighted by atomic mass is 10.0. The molecule has 0 amide bonds. The van der Waals surface area contributed by atoms with Crippen molar-refractivity contribution in [3.05, 3.63) is 63.6 Å². The van der Waals surface area contributed by atoms with Crippen LogP contribution in [-0.4, -0.2) is 6.61 Å². The van der Waals surface area contributed by atoms with Gasteiger partial charge in [-0.2, -0.15) is 0 Å². The summed E-state index contributed by atoms with van der Waals surface area (Å²) in [5.41, 5.74) is 3.60. The van der Waals surface area contributed by atoms with Crippen molar-refractivity contribution in [2.24, 2.45) is 0 Å². The molecule has 2 aromatic rings. The van der Waals surface area contributed by atoms with Gasteiger partial charge in [-0.3, -0.25) is 0 Å². The summed E-state index contributed by atoms with van der Waals surface area (Å²) in [6.45, 7) is 4.77. The number of halogens is 2. The van der Waals surface area contributed by atoms with E-state index in [1.165, 1.54) is 11.1 Å². The molecule has 0 heterocycles.